The largest absolute Gasteiger partial charge is 0.394 e. The molecule has 0 heterocycles. The van der Waals surface area contributed by atoms with Gasteiger partial charge in [0, 0.05) is 5.04 Å². The summed E-state index contributed by atoms with van der Waals surface area (Å²) in [5, 5.41) is -2.23. The SMILES string of the molecule is FC(F)(F)C12CC3(C(F)(F)F)CC(C(F)(F)F)(C1)CC([Si](Cl)(Cl)Cl)(C2)C3. The van der Waals surface area contributed by atoms with Crippen LogP contribution in [0.5, 0.6) is 0 Å². The number of alkyl halides is 9. The maximum Gasteiger partial charge on any atom is 0.394 e. The van der Waals surface area contributed by atoms with Gasteiger partial charge >= 0.3 is 24.5 Å². The van der Waals surface area contributed by atoms with Crippen LogP contribution in [0.15, 0.2) is 0 Å². The van der Waals surface area contributed by atoms with Crippen molar-refractivity contribution in [1.29, 1.82) is 0 Å². The van der Waals surface area contributed by atoms with Crippen LogP contribution in [0.25, 0.3) is 0 Å². The van der Waals surface area contributed by atoms with Crippen LogP contribution in [0, 0.1) is 16.2 Å². The molecule has 0 atom stereocenters. The van der Waals surface area contributed by atoms with Crippen molar-refractivity contribution < 1.29 is 39.5 Å². The molecule has 0 nitrogen and oxygen atoms in total. The topological polar surface area (TPSA) is 0 Å². The normalized spacial score (nSPS) is 43.8. The number of rotatable bonds is 1. The Morgan fingerprint density at radius 1 is 0.500 bits per heavy atom. The van der Waals surface area contributed by atoms with Crippen molar-refractivity contribution >= 4 is 39.2 Å². The van der Waals surface area contributed by atoms with E-state index in [1.807, 2.05) is 0 Å². The molecule has 4 aliphatic carbocycles. The van der Waals surface area contributed by atoms with Gasteiger partial charge in [0.25, 0.3) is 0 Å². The fourth-order valence-corrected chi connectivity index (χ4v) is 9.26. The smallest absolute Gasteiger partial charge is 0.171 e. The Kier molecular flexibility index (Phi) is 4.18. The molecule has 0 spiro atoms. The summed E-state index contributed by atoms with van der Waals surface area (Å²) < 4.78 is 124. The quantitative estimate of drug-likeness (QED) is 0.211. The summed E-state index contributed by atoms with van der Waals surface area (Å²) in [5.74, 6) is 0. The lowest BCUT2D eigenvalue weighted by molar-refractivity contribution is -0.386. The van der Waals surface area contributed by atoms with Crippen LogP contribution in [0.3, 0.4) is 0 Å². The molecule has 4 bridgehead atoms. The van der Waals surface area contributed by atoms with Gasteiger partial charge in [0.1, 0.15) is 0 Å². The van der Waals surface area contributed by atoms with Crippen LogP contribution in [0.2, 0.25) is 5.04 Å². The van der Waals surface area contributed by atoms with Crippen molar-refractivity contribution in [3.05, 3.63) is 0 Å². The third-order valence-corrected chi connectivity index (χ3v) is 11.8. The van der Waals surface area contributed by atoms with E-state index in [2.05, 4.69) is 0 Å². The molecular formula is C13H12Cl3F9Si. The van der Waals surface area contributed by atoms with E-state index in [1.165, 1.54) is 0 Å². The predicted octanol–water partition coefficient (Wildman–Crippen LogP) is 7.41. The molecule has 4 fully saturated rings. The summed E-state index contributed by atoms with van der Waals surface area (Å²) >= 11 is 17.6. The molecule has 4 rings (SSSR count). The monoisotopic (exact) mass is 472 g/mol. The molecule has 0 aromatic carbocycles. The first-order chi connectivity index (χ1) is 11.2. The van der Waals surface area contributed by atoms with E-state index in [0.717, 1.165) is 0 Å². The van der Waals surface area contributed by atoms with Crippen molar-refractivity contribution in [3.63, 3.8) is 0 Å². The second-order valence-electron chi connectivity index (χ2n) is 8.17. The minimum Gasteiger partial charge on any atom is -0.171 e. The van der Waals surface area contributed by atoms with Crippen LogP contribution in [0.4, 0.5) is 39.5 Å². The second-order valence-corrected chi connectivity index (χ2v) is 17.1. The molecule has 0 radical (unpaired) electrons. The van der Waals surface area contributed by atoms with E-state index < -0.39 is 84.3 Å². The Hall–Kier alpha value is 0.457. The first kappa shape index (κ1) is 21.2. The first-order valence-electron chi connectivity index (χ1n) is 7.51. The molecule has 0 saturated heterocycles. The highest BCUT2D eigenvalue weighted by atomic mass is 35.8. The maximum absolute atomic E-state index is 13.8. The molecule has 0 N–H and O–H groups in total. The average molecular weight is 474 g/mol. The molecule has 0 aromatic heterocycles. The van der Waals surface area contributed by atoms with E-state index in [0.29, 0.717) is 0 Å². The van der Waals surface area contributed by atoms with E-state index in [1.54, 1.807) is 0 Å². The molecule has 0 aliphatic heterocycles. The molecular weight excluding hydrogens is 462 g/mol. The summed E-state index contributed by atoms with van der Waals surface area (Å²) in [6.07, 6.45) is -23.1. The van der Waals surface area contributed by atoms with Crippen LogP contribution < -0.4 is 0 Å². The van der Waals surface area contributed by atoms with Gasteiger partial charge in [-0.3, -0.25) is 0 Å². The zero-order chi connectivity index (χ0) is 20.2. The average Bonchev–Trinajstić information content (AvgIpc) is 2.31. The van der Waals surface area contributed by atoms with Gasteiger partial charge in [-0.15, -0.1) is 33.2 Å². The molecule has 152 valence electrons. The fraction of sp³-hybridized carbons (Fsp3) is 1.00. The van der Waals surface area contributed by atoms with Gasteiger partial charge in [0.2, 0.25) is 0 Å². The fourth-order valence-electron chi connectivity index (χ4n) is 5.84. The van der Waals surface area contributed by atoms with Crippen LogP contribution in [-0.2, 0) is 0 Å². The van der Waals surface area contributed by atoms with Crippen LogP contribution in [0.1, 0.15) is 38.5 Å². The van der Waals surface area contributed by atoms with E-state index >= 15 is 0 Å². The van der Waals surface area contributed by atoms with E-state index in [-0.39, 0.29) is 0 Å². The third kappa shape index (κ3) is 2.56. The summed E-state index contributed by atoms with van der Waals surface area (Å²) in [6, 6.07) is -4.37. The minimum atomic E-state index is -5.27. The van der Waals surface area contributed by atoms with Crippen molar-refractivity contribution in [2.24, 2.45) is 16.2 Å². The summed E-state index contributed by atoms with van der Waals surface area (Å²) in [7, 11) is 0. The maximum atomic E-state index is 13.8. The molecule has 4 saturated carbocycles. The first-order valence-corrected chi connectivity index (χ1v) is 12.5. The number of halogens is 12. The lowest BCUT2D eigenvalue weighted by Crippen LogP contribution is -2.71. The molecule has 0 unspecified atom stereocenters. The number of hydrogen-bond acceptors (Lipinski definition) is 0. The molecule has 0 amide bonds. The Labute approximate surface area is 157 Å². The number of hydrogen-bond donors (Lipinski definition) is 0. The van der Waals surface area contributed by atoms with Gasteiger partial charge in [-0.1, -0.05) is 0 Å². The van der Waals surface area contributed by atoms with Gasteiger partial charge in [0.05, 0.1) is 16.2 Å². The van der Waals surface area contributed by atoms with Crippen molar-refractivity contribution in [2.45, 2.75) is 62.1 Å². The van der Waals surface area contributed by atoms with Gasteiger partial charge < -0.3 is 0 Å². The Morgan fingerprint density at radius 2 is 0.731 bits per heavy atom. The van der Waals surface area contributed by atoms with E-state index in [9.17, 15) is 39.5 Å². The molecule has 13 heteroatoms. The van der Waals surface area contributed by atoms with Gasteiger partial charge in [-0.05, 0) is 38.5 Å². The van der Waals surface area contributed by atoms with E-state index in [4.69, 9.17) is 33.2 Å². The minimum absolute atomic E-state index is 0.998. The third-order valence-electron chi connectivity index (χ3n) is 6.47. The standard InChI is InChI=1S/C13H12Cl3F9Si/c14-26(15,16)10-4-7(11(17,18)19)1-8(5-10,12(20,21)22)3-9(2-7,6-10)13(23,24)25/h1-6H2. The molecule has 26 heavy (non-hydrogen) atoms. The zero-order valence-corrected chi connectivity index (χ0v) is 16.0. The van der Waals surface area contributed by atoms with Crippen LogP contribution >= 0.6 is 33.2 Å². The van der Waals surface area contributed by atoms with Crippen molar-refractivity contribution in [3.8, 4) is 0 Å². The highest BCUT2D eigenvalue weighted by molar-refractivity contribution is 7.65. The second kappa shape index (κ2) is 5.13. The van der Waals surface area contributed by atoms with Gasteiger partial charge in [0.15, 0.2) is 0 Å². The van der Waals surface area contributed by atoms with Crippen molar-refractivity contribution in [2.75, 3.05) is 0 Å². The summed E-state index contributed by atoms with van der Waals surface area (Å²) in [6.45, 7) is 0. The van der Waals surface area contributed by atoms with Crippen LogP contribution in [-0.4, -0.2) is 24.5 Å². The lowest BCUT2D eigenvalue weighted by atomic mass is 9.38. The lowest BCUT2D eigenvalue weighted by Gasteiger charge is -2.71. The summed E-state index contributed by atoms with van der Waals surface area (Å²) in [4.78, 5) is 0. The van der Waals surface area contributed by atoms with Gasteiger partial charge in [-0.25, -0.2) is 0 Å². The Morgan fingerprint density at radius 3 is 0.885 bits per heavy atom. The van der Waals surface area contributed by atoms with Gasteiger partial charge in [-0.2, -0.15) is 39.5 Å². The summed E-state index contributed by atoms with van der Waals surface area (Å²) in [5.41, 5.74) is -9.49. The predicted molar refractivity (Wildman–Crippen MR) is 79.2 cm³/mol. The highest BCUT2D eigenvalue weighted by Crippen LogP contribution is 2.86. The Balaban J connectivity index is 2.33. The zero-order valence-electron chi connectivity index (χ0n) is 12.8. The highest BCUT2D eigenvalue weighted by Gasteiger charge is 2.85. The molecule has 4 aliphatic rings. The Bertz CT molecular complexity index is 475. The molecule has 0 aromatic rings. The van der Waals surface area contributed by atoms with Crippen molar-refractivity contribution in [1.82, 2.24) is 0 Å².